The Bertz CT molecular complexity index is 1020. The normalized spacial score (nSPS) is 18.3. The summed E-state index contributed by atoms with van der Waals surface area (Å²) in [4.78, 5) is 12.3. The lowest BCUT2D eigenvalue weighted by atomic mass is 10.2. The molecule has 7 heteroatoms. The van der Waals surface area contributed by atoms with E-state index in [1.165, 1.54) is 10.4 Å². The summed E-state index contributed by atoms with van der Waals surface area (Å²) in [7, 11) is -3.36. The molecule has 1 aromatic carbocycles. The zero-order chi connectivity index (χ0) is 19.2. The number of hydrogen-bond acceptors (Lipinski definition) is 4. The molecule has 0 spiro atoms. The van der Waals surface area contributed by atoms with E-state index in [9.17, 15) is 13.2 Å². The van der Waals surface area contributed by atoms with Crippen molar-refractivity contribution in [1.82, 2.24) is 8.87 Å². The van der Waals surface area contributed by atoms with E-state index in [-0.39, 0.29) is 17.4 Å². The first-order chi connectivity index (χ1) is 12.8. The van der Waals surface area contributed by atoms with Gasteiger partial charge in [-0.15, -0.1) is 0 Å². The number of nitrogens with zero attached hydrogens (tertiary/aromatic N) is 2. The molecule has 0 atom stereocenters. The molecule has 1 aliphatic carbocycles. The summed E-state index contributed by atoms with van der Waals surface area (Å²) in [6.45, 7) is 4.49. The van der Waals surface area contributed by atoms with Gasteiger partial charge in [0.15, 0.2) is 0 Å². The third kappa shape index (κ3) is 3.94. The minimum absolute atomic E-state index is 0.00204. The van der Waals surface area contributed by atoms with Gasteiger partial charge in [-0.3, -0.25) is 4.79 Å². The van der Waals surface area contributed by atoms with Crippen LogP contribution in [0.3, 0.4) is 0 Å². The molecule has 1 saturated carbocycles. The summed E-state index contributed by atoms with van der Waals surface area (Å²) in [5.74, 6) is 0.521. The Hall–Kier alpha value is -2.12. The van der Waals surface area contributed by atoms with E-state index >= 15 is 0 Å². The molecule has 2 fully saturated rings. The van der Waals surface area contributed by atoms with Crippen LogP contribution >= 0.6 is 0 Å². The number of pyridine rings is 1. The second kappa shape index (κ2) is 6.80. The highest BCUT2D eigenvalue weighted by Crippen LogP contribution is 2.35. The zero-order valence-corrected chi connectivity index (χ0v) is 16.4. The summed E-state index contributed by atoms with van der Waals surface area (Å²) < 4.78 is 34.2. The van der Waals surface area contributed by atoms with Crippen LogP contribution in [0.1, 0.15) is 35.7 Å². The fraction of sp³-hybridized carbons (Fsp3) is 0.450. The molecule has 1 saturated heterocycles. The standard InChI is InChI=1S/C20H24N2O4S/c1-14-4-3-5-16(8-14)13-27(24,25)21-11-19(12-21)26-18-9-15(2)22(17-6-7-17)20(23)10-18/h3-5,8-10,17,19H,6-7,11-13H2,1-2H3. The van der Waals surface area contributed by atoms with Crippen LogP contribution < -0.4 is 10.3 Å². The summed E-state index contributed by atoms with van der Waals surface area (Å²) in [5, 5.41) is 0. The average molecular weight is 388 g/mol. The third-order valence-electron chi connectivity index (χ3n) is 5.09. The first-order valence-electron chi connectivity index (χ1n) is 9.25. The lowest BCUT2D eigenvalue weighted by molar-refractivity contribution is 0.0757. The smallest absolute Gasteiger partial charge is 0.254 e. The molecule has 6 nitrogen and oxygen atoms in total. The molecule has 2 aromatic rings. The molecule has 0 radical (unpaired) electrons. The van der Waals surface area contributed by atoms with Crippen molar-refractivity contribution in [3.63, 3.8) is 0 Å². The van der Waals surface area contributed by atoms with Crippen molar-refractivity contribution in [3.8, 4) is 5.75 Å². The van der Waals surface area contributed by atoms with Crippen molar-refractivity contribution >= 4 is 10.0 Å². The lowest BCUT2D eigenvalue weighted by Gasteiger charge is -2.37. The van der Waals surface area contributed by atoms with Gasteiger partial charge in [-0.25, -0.2) is 8.42 Å². The van der Waals surface area contributed by atoms with Crippen LogP contribution in [0.4, 0.5) is 0 Å². The topological polar surface area (TPSA) is 68.6 Å². The van der Waals surface area contributed by atoms with Gasteiger partial charge in [-0.05, 0) is 38.3 Å². The molecule has 1 aliphatic heterocycles. The third-order valence-corrected chi connectivity index (χ3v) is 6.87. The van der Waals surface area contributed by atoms with Crippen molar-refractivity contribution in [3.05, 3.63) is 63.6 Å². The number of sulfonamides is 1. The van der Waals surface area contributed by atoms with E-state index in [1.54, 1.807) is 0 Å². The lowest BCUT2D eigenvalue weighted by Crippen LogP contribution is -2.56. The number of benzene rings is 1. The molecule has 27 heavy (non-hydrogen) atoms. The van der Waals surface area contributed by atoms with E-state index in [0.29, 0.717) is 24.9 Å². The van der Waals surface area contributed by atoms with Gasteiger partial charge in [0.05, 0.1) is 18.8 Å². The van der Waals surface area contributed by atoms with E-state index in [4.69, 9.17) is 4.74 Å². The molecular weight excluding hydrogens is 364 g/mol. The van der Waals surface area contributed by atoms with Crippen molar-refractivity contribution in [2.45, 2.75) is 44.6 Å². The highest BCUT2D eigenvalue weighted by molar-refractivity contribution is 7.88. The zero-order valence-electron chi connectivity index (χ0n) is 15.6. The van der Waals surface area contributed by atoms with E-state index in [1.807, 2.05) is 48.7 Å². The van der Waals surface area contributed by atoms with Gasteiger partial charge in [0.1, 0.15) is 11.9 Å². The molecule has 1 aromatic heterocycles. The molecule has 0 amide bonds. The first kappa shape index (κ1) is 18.3. The Morgan fingerprint density at radius 3 is 2.48 bits per heavy atom. The van der Waals surface area contributed by atoms with Crippen LogP contribution in [0.25, 0.3) is 0 Å². The molecule has 0 unspecified atom stereocenters. The average Bonchev–Trinajstić information content (AvgIpc) is 3.34. The van der Waals surface area contributed by atoms with Gasteiger partial charge < -0.3 is 9.30 Å². The van der Waals surface area contributed by atoms with Gasteiger partial charge in [-0.2, -0.15) is 4.31 Å². The van der Waals surface area contributed by atoms with Gasteiger partial charge >= 0.3 is 0 Å². The SMILES string of the molecule is Cc1cccc(CS(=O)(=O)N2CC(Oc3cc(C)n(C4CC4)c(=O)c3)C2)c1. The maximum Gasteiger partial charge on any atom is 0.254 e. The monoisotopic (exact) mass is 388 g/mol. The fourth-order valence-corrected chi connectivity index (χ4v) is 5.12. The van der Waals surface area contributed by atoms with Gasteiger partial charge in [-0.1, -0.05) is 29.8 Å². The van der Waals surface area contributed by atoms with Crippen LogP contribution in [-0.4, -0.2) is 36.5 Å². The highest BCUT2D eigenvalue weighted by Gasteiger charge is 2.37. The molecular formula is C20H24N2O4S. The van der Waals surface area contributed by atoms with Crippen LogP contribution in [0.15, 0.2) is 41.2 Å². The second-order valence-corrected chi connectivity index (χ2v) is 9.54. The second-order valence-electron chi connectivity index (χ2n) is 7.57. The van der Waals surface area contributed by atoms with Gasteiger partial charge in [0, 0.05) is 17.8 Å². The first-order valence-corrected chi connectivity index (χ1v) is 10.9. The fourth-order valence-electron chi connectivity index (χ4n) is 3.55. The molecule has 0 bridgehead atoms. The van der Waals surface area contributed by atoms with Crippen LogP contribution in [0.2, 0.25) is 0 Å². The van der Waals surface area contributed by atoms with Crippen LogP contribution in [0.5, 0.6) is 5.75 Å². The Labute approximate surface area is 159 Å². The van der Waals surface area contributed by atoms with Crippen molar-refractivity contribution in [2.24, 2.45) is 0 Å². The number of hydrogen-bond donors (Lipinski definition) is 0. The Kier molecular flexibility index (Phi) is 4.60. The predicted molar refractivity (Wildman–Crippen MR) is 104 cm³/mol. The Morgan fingerprint density at radius 2 is 1.85 bits per heavy atom. The minimum Gasteiger partial charge on any atom is -0.487 e. The van der Waals surface area contributed by atoms with Crippen LogP contribution in [0, 0.1) is 13.8 Å². The van der Waals surface area contributed by atoms with Crippen LogP contribution in [-0.2, 0) is 15.8 Å². The molecule has 4 rings (SSSR count). The Balaban J connectivity index is 1.37. The van der Waals surface area contributed by atoms with Crippen molar-refractivity contribution in [2.75, 3.05) is 13.1 Å². The maximum absolute atomic E-state index is 12.5. The van der Waals surface area contributed by atoms with Crippen molar-refractivity contribution < 1.29 is 13.2 Å². The summed E-state index contributed by atoms with van der Waals surface area (Å²) in [6.07, 6.45) is 1.89. The van der Waals surface area contributed by atoms with Gasteiger partial charge in [0.25, 0.3) is 5.56 Å². The van der Waals surface area contributed by atoms with E-state index in [0.717, 1.165) is 29.7 Å². The van der Waals surface area contributed by atoms with Crippen molar-refractivity contribution in [1.29, 1.82) is 0 Å². The van der Waals surface area contributed by atoms with E-state index < -0.39 is 10.0 Å². The predicted octanol–water partition coefficient (Wildman–Crippen LogP) is 2.39. The number of aryl methyl sites for hydroxylation is 2. The maximum atomic E-state index is 12.5. The molecule has 144 valence electrons. The van der Waals surface area contributed by atoms with Gasteiger partial charge in [0.2, 0.25) is 10.0 Å². The quantitative estimate of drug-likeness (QED) is 0.762. The molecule has 2 heterocycles. The molecule has 2 aliphatic rings. The highest BCUT2D eigenvalue weighted by atomic mass is 32.2. The minimum atomic E-state index is -3.36. The number of rotatable bonds is 6. The number of aromatic nitrogens is 1. The summed E-state index contributed by atoms with van der Waals surface area (Å²) >= 11 is 0. The summed E-state index contributed by atoms with van der Waals surface area (Å²) in [5.41, 5.74) is 2.68. The summed E-state index contributed by atoms with van der Waals surface area (Å²) in [6, 6.07) is 11.2. The Morgan fingerprint density at radius 1 is 1.11 bits per heavy atom. The molecule has 0 N–H and O–H groups in total. The number of ether oxygens (including phenoxy) is 1. The largest absolute Gasteiger partial charge is 0.487 e. The van der Waals surface area contributed by atoms with E-state index in [2.05, 4.69) is 0 Å².